The van der Waals surface area contributed by atoms with Crippen molar-refractivity contribution < 1.29 is 9.53 Å². The van der Waals surface area contributed by atoms with Crippen molar-refractivity contribution in [2.24, 2.45) is 0 Å². The van der Waals surface area contributed by atoms with Gasteiger partial charge in [0.15, 0.2) is 0 Å². The Bertz CT molecular complexity index is 388. The molecule has 110 valence electrons. The number of hydrogen-bond donors (Lipinski definition) is 0. The molecule has 0 bridgehead atoms. The van der Waals surface area contributed by atoms with E-state index in [1.54, 1.807) is 6.08 Å². The zero-order chi connectivity index (χ0) is 15.2. The van der Waals surface area contributed by atoms with Gasteiger partial charge in [-0.2, -0.15) is 0 Å². The summed E-state index contributed by atoms with van der Waals surface area (Å²) in [6.45, 7) is 3.49. The number of allylic oxidation sites excluding steroid dienone is 5. The van der Waals surface area contributed by atoms with Crippen LogP contribution in [0, 0.1) is 12.3 Å². The first-order valence-electron chi connectivity index (χ1n) is 6.84. The molecule has 2 atom stereocenters. The topological polar surface area (TPSA) is 26.3 Å². The van der Waals surface area contributed by atoms with Crippen molar-refractivity contribution in [2.75, 3.05) is 0 Å². The van der Waals surface area contributed by atoms with Crippen LogP contribution in [0.15, 0.2) is 36.5 Å². The predicted octanol–water partition coefficient (Wildman–Crippen LogP) is 4.41. The summed E-state index contributed by atoms with van der Waals surface area (Å²) in [7, 11) is 0. The van der Waals surface area contributed by atoms with Crippen LogP contribution < -0.4 is 0 Å². The second-order valence-corrected chi connectivity index (χ2v) is 4.85. The van der Waals surface area contributed by atoms with Crippen molar-refractivity contribution in [2.45, 2.75) is 51.0 Å². The maximum absolute atomic E-state index is 11.1. The van der Waals surface area contributed by atoms with Crippen LogP contribution in [0.3, 0.4) is 0 Å². The molecule has 3 heteroatoms. The molecule has 0 heterocycles. The fourth-order valence-corrected chi connectivity index (χ4v) is 1.83. The molecule has 0 rings (SSSR count). The molecule has 0 amide bonds. The second kappa shape index (κ2) is 12.6. The minimum Gasteiger partial charge on any atom is -0.461 e. The van der Waals surface area contributed by atoms with E-state index in [0.717, 1.165) is 12.8 Å². The molecule has 0 aliphatic heterocycles. The van der Waals surface area contributed by atoms with Crippen molar-refractivity contribution in [3.63, 3.8) is 0 Å². The van der Waals surface area contributed by atoms with Crippen LogP contribution in [0.1, 0.15) is 39.5 Å². The molecule has 0 radical (unpaired) electrons. The number of rotatable bonds is 9. The first kappa shape index (κ1) is 18.5. The molecule has 0 aliphatic rings. The summed E-state index contributed by atoms with van der Waals surface area (Å²) < 4.78 is 5.24. The Labute approximate surface area is 127 Å². The number of halogens is 1. The molecule has 2 unspecified atom stereocenters. The first-order valence-corrected chi connectivity index (χ1v) is 7.27. The summed E-state index contributed by atoms with van der Waals surface area (Å²) in [6.07, 6.45) is 19.6. The molecule has 20 heavy (non-hydrogen) atoms. The molecule has 0 fully saturated rings. The molecule has 0 aliphatic carbocycles. The lowest BCUT2D eigenvalue weighted by atomic mass is 10.1. The van der Waals surface area contributed by atoms with E-state index in [-0.39, 0.29) is 17.5 Å². The normalized spacial score (nSPS) is 14.7. The second-order valence-electron chi connectivity index (χ2n) is 4.29. The summed E-state index contributed by atoms with van der Waals surface area (Å²) in [5.74, 6) is 2.09. The molecule has 0 saturated carbocycles. The van der Waals surface area contributed by atoms with Gasteiger partial charge >= 0.3 is 5.97 Å². The fraction of sp³-hybridized carbons (Fsp3) is 0.471. The smallest absolute Gasteiger partial charge is 0.302 e. The van der Waals surface area contributed by atoms with Crippen LogP contribution in [-0.2, 0) is 9.53 Å². The van der Waals surface area contributed by atoms with Crippen LogP contribution >= 0.6 is 11.6 Å². The van der Waals surface area contributed by atoms with Gasteiger partial charge in [-0.1, -0.05) is 43.2 Å². The summed E-state index contributed by atoms with van der Waals surface area (Å²) in [5, 5.41) is -0.278. The van der Waals surface area contributed by atoms with E-state index in [1.807, 2.05) is 18.2 Å². The predicted molar refractivity (Wildman–Crippen MR) is 85.6 cm³/mol. The van der Waals surface area contributed by atoms with Gasteiger partial charge in [0.25, 0.3) is 0 Å². The van der Waals surface area contributed by atoms with Crippen molar-refractivity contribution in [1.29, 1.82) is 0 Å². The average Bonchev–Trinajstić information content (AvgIpc) is 2.41. The Morgan fingerprint density at radius 2 is 1.95 bits per heavy atom. The molecule has 0 aromatic rings. The molecular formula is C17H23ClO2. The first-order chi connectivity index (χ1) is 9.61. The Balaban J connectivity index is 4.33. The Hall–Kier alpha value is -1.46. The van der Waals surface area contributed by atoms with Gasteiger partial charge in [0.2, 0.25) is 0 Å². The highest BCUT2D eigenvalue weighted by Gasteiger charge is 2.19. The highest BCUT2D eigenvalue weighted by Crippen LogP contribution is 2.16. The van der Waals surface area contributed by atoms with Gasteiger partial charge in [-0.05, 0) is 25.3 Å². The monoisotopic (exact) mass is 294 g/mol. The molecule has 0 spiro atoms. The Morgan fingerprint density at radius 3 is 2.55 bits per heavy atom. The lowest BCUT2D eigenvalue weighted by Crippen LogP contribution is -2.26. The number of carbonyl (C=O) groups is 1. The minimum atomic E-state index is -0.331. The van der Waals surface area contributed by atoms with Gasteiger partial charge in [-0.3, -0.25) is 4.79 Å². The zero-order valence-electron chi connectivity index (χ0n) is 12.2. The van der Waals surface area contributed by atoms with Crippen LogP contribution in [0.4, 0.5) is 0 Å². The summed E-state index contributed by atoms with van der Waals surface area (Å²) in [5.41, 5.74) is 0. The molecule has 0 aromatic heterocycles. The Morgan fingerprint density at radius 1 is 1.25 bits per heavy atom. The van der Waals surface area contributed by atoms with Gasteiger partial charge in [0.05, 0.1) is 5.38 Å². The number of esters is 1. The highest BCUT2D eigenvalue weighted by atomic mass is 35.5. The maximum atomic E-state index is 11.1. The molecule has 0 saturated heterocycles. The number of ether oxygens (including phenoxy) is 1. The summed E-state index contributed by atoms with van der Waals surface area (Å²) in [4.78, 5) is 11.1. The SMILES string of the molecule is C#CC=CCC(Cl)C(CC=CCC=CCC)OC(C)=O. The molecular weight excluding hydrogens is 272 g/mol. The van der Waals surface area contributed by atoms with Crippen LogP contribution in [0.25, 0.3) is 0 Å². The minimum absolute atomic E-state index is 0.278. The Kier molecular flexibility index (Phi) is 11.7. The van der Waals surface area contributed by atoms with Gasteiger partial charge in [0, 0.05) is 13.3 Å². The van der Waals surface area contributed by atoms with Gasteiger partial charge in [-0.25, -0.2) is 0 Å². The van der Waals surface area contributed by atoms with Crippen molar-refractivity contribution >= 4 is 17.6 Å². The number of alkyl halides is 1. The standard InChI is InChI=1S/C17H23ClO2/c1-4-6-8-9-10-12-14-17(20-15(3)19)16(18)13-11-7-5-2/h2,6-8,10-12,16-17H,4,9,13-14H2,1,3H3. The lowest BCUT2D eigenvalue weighted by molar-refractivity contribution is -0.146. The van der Waals surface area contributed by atoms with Crippen molar-refractivity contribution in [1.82, 2.24) is 0 Å². The van der Waals surface area contributed by atoms with E-state index in [1.165, 1.54) is 6.92 Å². The van der Waals surface area contributed by atoms with Crippen molar-refractivity contribution in [3.8, 4) is 12.3 Å². The van der Waals surface area contributed by atoms with Crippen LogP contribution in [-0.4, -0.2) is 17.5 Å². The third kappa shape index (κ3) is 10.5. The van der Waals surface area contributed by atoms with Crippen molar-refractivity contribution in [3.05, 3.63) is 36.5 Å². The van der Waals surface area contributed by atoms with E-state index < -0.39 is 0 Å². The van der Waals surface area contributed by atoms with E-state index in [0.29, 0.717) is 12.8 Å². The zero-order valence-corrected chi connectivity index (χ0v) is 13.0. The quantitative estimate of drug-likeness (QED) is 0.272. The van der Waals surface area contributed by atoms with Gasteiger partial charge < -0.3 is 4.74 Å². The average molecular weight is 295 g/mol. The van der Waals surface area contributed by atoms with Crippen LogP contribution in [0.2, 0.25) is 0 Å². The fourth-order valence-electron chi connectivity index (χ4n) is 1.57. The van der Waals surface area contributed by atoms with Crippen LogP contribution in [0.5, 0.6) is 0 Å². The van der Waals surface area contributed by atoms with Gasteiger partial charge in [-0.15, -0.1) is 18.0 Å². The van der Waals surface area contributed by atoms with E-state index in [2.05, 4.69) is 25.0 Å². The summed E-state index contributed by atoms with van der Waals surface area (Å²) >= 11 is 6.24. The third-order valence-electron chi connectivity index (χ3n) is 2.51. The highest BCUT2D eigenvalue weighted by molar-refractivity contribution is 6.21. The number of carbonyl (C=O) groups excluding carboxylic acids is 1. The number of terminal acetylenes is 1. The number of hydrogen-bond acceptors (Lipinski definition) is 2. The van der Waals surface area contributed by atoms with Gasteiger partial charge in [0.1, 0.15) is 6.10 Å². The molecule has 0 N–H and O–H groups in total. The lowest BCUT2D eigenvalue weighted by Gasteiger charge is -2.19. The summed E-state index contributed by atoms with van der Waals surface area (Å²) in [6, 6.07) is 0. The molecule has 2 nitrogen and oxygen atoms in total. The van der Waals surface area contributed by atoms with E-state index in [9.17, 15) is 4.79 Å². The molecule has 0 aromatic carbocycles. The maximum Gasteiger partial charge on any atom is 0.302 e. The van der Waals surface area contributed by atoms with E-state index in [4.69, 9.17) is 22.8 Å². The third-order valence-corrected chi connectivity index (χ3v) is 2.96. The largest absolute Gasteiger partial charge is 0.461 e. The van der Waals surface area contributed by atoms with E-state index >= 15 is 0 Å².